The van der Waals surface area contributed by atoms with Crippen LogP contribution >= 0.6 is 0 Å². The zero-order chi connectivity index (χ0) is 87.1. The van der Waals surface area contributed by atoms with Gasteiger partial charge < -0.3 is 22.3 Å². The first kappa shape index (κ1) is 72.4. The van der Waals surface area contributed by atoms with Crippen LogP contribution < -0.4 is 0 Å². The summed E-state index contributed by atoms with van der Waals surface area (Å²) in [7, 11) is 0. The molecule has 0 bridgehead atoms. The minimum absolute atomic E-state index is 0.548. The Balaban J connectivity index is 0.0000000975. The van der Waals surface area contributed by atoms with Crippen molar-refractivity contribution in [3.63, 3.8) is 0 Å². The van der Waals surface area contributed by atoms with Gasteiger partial charge in [-0.1, -0.05) is 237 Å². The monoisotopic (exact) mass is 1690 g/mol. The van der Waals surface area contributed by atoms with Crippen LogP contribution in [0.3, 0.4) is 0 Å². The molecule has 15 aromatic heterocycles. The van der Waals surface area contributed by atoms with Crippen LogP contribution in [-0.4, -0.2) is 66.4 Å². The molecule has 0 N–H and O–H groups in total. The highest BCUT2D eigenvalue weighted by atomic mass is 15.2. The molecule has 0 saturated heterocycles. The maximum atomic E-state index is 7.58. The number of hydrogen-bond donors (Lipinski definition) is 0. The lowest BCUT2D eigenvalue weighted by molar-refractivity contribution is 1.01. The Hall–Kier alpha value is -18.8. The predicted octanol–water partition coefficient (Wildman–Crippen LogP) is 29.4. The highest BCUT2D eigenvalue weighted by molar-refractivity contribution is 6.39. The van der Waals surface area contributed by atoms with Crippen LogP contribution in [0.2, 0.25) is 0 Å². The van der Waals surface area contributed by atoms with Crippen molar-refractivity contribution in [2.24, 2.45) is 0 Å². The minimum Gasteiger partial charge on any atom is -0.308 e. The van der Waals surface area contributed by atoms with Gasteiger partial charge in [-0.3, -0.25) is 19.1 Å². The van der Waals surface area contributed by atoms with Gasteiger partial charge in [0.05, 0.1) is 136 Å². The first-order valence-corrected chi connectivity index (χ1v) is 44.4. The second-order valence-corrected chi connectivity index (χ2v) is 34.3. The summed E-state index contributed by atoms with van der Waals surface area (Å²) in [4.78, 5) is 42.2. The lowest BCUT2D eigenvalue weighted by Crippen LogP contribution is -2.04. The van der Waals surface area contributed by atoms with Crippen LogP contribution in [0.25, 0.3) is 279 Å². The van der Waals surface area contributed by atoms with Crippen molar-refractivity contribution in [2.45, 2.75) is 0 Å². The van der Waals surface area contributed by atoms with Crippen LogP contribution in [0.4, 0.5) is 11.4 Å². The Bertz CT molecular complexity index is 10200. The van der Waals surface area contributed by atoms with Crippen molar-refractivity contribution in [2.75, 3.05) is 0 Å². The van der Waals surface area contributed by atoms with Crippen molar-refractivity contribution in [3.8, 4) is 45.8 Å². The summed E-state index contributed by atoms with van der Waals surface area (Å²) in [5.74, 6) is 1.12. The second-order valence-electron chi connectivity index (χ2n) is 34.3. The molecule has 16 heteroatoms. The van der Waals surface area contributed by atoms with E-state index in [0.717, 1.165) is 77.5 Å². The zero-order valence-corrected chi connectivity index (χ0v) is 70.6. The third-order valence-corrected chi connectivity index (χ3v) is 27.6. The maximum absolute atomic E-state index is 7.58. The fourth-order valence-electron chi connectivity index (χ4n) is 22.5. The summed E-state index contributed by atoms with van der Waals surface area (Å²) < 4.78 is 16.5. The van der Waals surface area contributed by atoms with E-state index in [1.54, 1.807) is 12.4 Å². The van der Waals surface area contributed by atoms with Crippen molar-refractivity contribution >= 4 is 235 Å². The summed E-state index contributed by atoms with van der Waals surface area (Å²) in [5.41, 5.74) is 28.4. The van der Waals surface area contributed by atoms with Gasteiger partial charge in [-0.2, -0.15) is 4.98 Å². The number of pyridine rings is 3. The van der Waals surface area contributed by atoms with Gasteiger partial charge in [0.1, 0.15) is 11.2 Å². The third kappa shape index (κ3) is 9.95. The van der Waals surface area contributed by atoms with Gasteiger partial charge in [-0.25, -0.2) is 29.6 Å². The quantitative estimate of drug-likeness (QED) is 0.151. The molecule has 16 aromatic carbocycles. The van der Waals surface area contributed by atoms with Crippen molar-refractivity contribution < 1.29 is 0 Å². The molecule has 0 spiro atoms. The van der Waals surface area contributed by atoms with E-state index in [0.29, 0.717) is 40.1 Å². The molecule has 0 saturated carbocycles. The van der Waals surface area contributed by atoms with Gasteiger partial charge in [0, 0.05) is 131 Å². The topological polar surface area (TPSA) is 132 Å². The SMILES string of the molecule is [C-]#[N+]c1cccc(-c2nc(-n3c4ccccc4c4c5c6ccccc6n6c7ccccc7c(cc43)c56)nc3cccnc23)c1.[C-]#[N+]c1cccc(-c2nc(-n3c4ccccc4c4c5c6ccccc6n6c7ccccc7c(cc43)c56)nc3ncccc23)c1.c1ccc(-n2c3ccccc3c3c(-n4c5ccccc5c5c6c7ccccc7n7c8ccccc8c(cc54)c67)cncc32)cc1. The molecule has 0 fully saturated rings. The summed E-state index contributed by atoms with van der Waals surface area (Å²) in [6, 6.07) is 128. The Kier molecular flexibility index (Phi) is 14.9. The van der Waals surface area contributed by atoms with Crippen molar-refractivity contribution in [1.29, 1.82) is 0 Å². The summed E-state index contributed by atoms with van der Waals surface area (Å²) >= 11 is 0. The molecular weight excluding hydrogens is 1630 g/mol. The maximum Gasteiger partial charge on any atom is 0.237 e. The van der Waals surface area contributed by atoms with Gasteiger partial charge in [0.2, 0.25) is 11.9 Å². The Morgan fingerprint density at radius 1 is 0.233 bits per heavy atom. The van der Waals surface area contributed by atoms with Crippen LogP contribution in [0.15, 0.2) is 389 Å². The van der Waals surface area contributed by atoms with Crippen LogP contribution in [-0.2, 0) is 0 Å². The van der Waals surface area contributed by atoms with E-state index in [1.165, 1.54) is 163 Å². The van der Waals surface area contributed by atoms with Gasteiger partial charge in [0.25, 0.3) is 0 Å². The molecular formula is C117H64N16. The largest absolute Gasteiger partial charge is 0.308 e. The smallest absolute Gasteiger partial charge is 0.237 e. The first-order valence-electron chi connectivity index (χ1n) is 44.4. The highest BCUT2D eigenvalue weighted by Gasteiger charge is 2.31. The number of nitrogens with zero attached hydrogens (tertiary/aromatic N) is 16. The molecule has 133 heavy (non-hydrogen) atoms. The molecule has 31 rings (SSSR count). The van der Waals surface area contributed by atoms with Crippen LogP contribution in [0.5, 0.6) is 0 Å². The second kappa shape index (κ2) is 27.4. The molecule has 31 aromatic rings. The van der Waals surface area contributed by atoms with Crippen molar-refractivity contribution in [3.05, 3.63) is 412 Å². The van der Waals surface area contributed by atoms with Crippen LogP contribution in [0.1, 0.15) is 0 Å². The highest BCUT2D eigenvalue weighted by Crippen LogP contribution is 2.53. The molecule has 612 valence electrons. The van der Waals surface area contributed by atoms with Gasteiger partial charge in [-0.15, -0.1) is 0 Å². The fourth-order valence-corrected chi connectivity index (χ4v) is 22.5. The molecule has 16 nitrogen and oxygen atoms in total. The summed E-state index contributed by atoms with van der Waals surface area (Å²) in [6.07, 6.45) is 7.60. The van der Waals surface area contributed by atoms with E-state index in [2.05, 4.69) is 349 Å². The van der Waals surface area contributed by atoms with Crippen LogP contribution in [0, 0.1) is 13.1 Å². The standard InChI is InChI=1S/C41H24N4.2C38H20N6/c1-2-12-25(13-3-1)43-32-19-9-5-15-27(32)38-36(43)23-42-24-37(38)44-33-20-10-6-16-28(33)39-35(44)22-30-26-14-4-8-18-31(26)45-34-21-11-7-17-29(34)40(39)41(30)45;1-39-23-11-8-10-22(20-23)35-36-28(15-9-19-40-36)41-38(42-35)44-31-18-7-3-13-25(31)33-32(44)21-27-24-12-2-5-16-29(24)43-30-17-6-4-14-26(30)34(33)37(27)43;1-39-23-11-8-10-22(20-23)35-27-15-9-19-40-37(27)42-38(41-35)44-31-18-7-3-13-25(31)33-32(44)21-28-24-12-2-5-16-29(24)43-30-17-6-4-14-26(30)34(33)36(28)43/h1-24H;2*2-21H. The lowest BCUT2D eigenvalue weighted by Gasteiger charge is -2.11. The number of aromatic nitrogens is 14. The average molecular weight is 1690 g/mol. The Labute approximate surface area is 753 Å². The van der Waals surface area contributed by atoms with Gasteiger partial charge in [0.15, 0.2) is 17.0 Å². The normalized spacial score (nSPS) is 12.2. The average Bonchev–Trinajstić information content (AvgIpc) is 1.52. The van der Waals surface area contributed by atoms with E-state index in [9.17, 15) is 0 Å². The number of para-hydroxylation sites is 11. The van der Waals surface area contributed by atoms with Gasteiger partial charge in [-0.05, 0) is 139 Å². The molecule has 0 unspecified atom stereocenters. The number of hydrogen-bond acceptors (Lipinski definition) is 7. The van der Waals surface area contributed by atoms with Crippen molar-refractivity contribution in [1.82, 2.24) is 66.4 Å². The molecule has 0 amide bonds. The summed E-state index contributed by atoms with van der Waals surface area (Å²) in [6.45, 7) is 15.2. The van der Waals surface area contributed by atoms with Gasteiger partial charge >= 0.3 is 0 Å². The van der Waals surface area contributed by atoms with E-state index in [4.69, 9.17) is 38.1 Å². The van der Waals surface area contributed by atoms with E-state index in [1.807, 2.05) is 79.0 Å². The first-order chi connectivity index (χ1) is 66.0. The van der Waals surface area contributed by atoms with E-state index in [-0.39, 0.29) is 0 Å². The molecule has 0 aliphatic carbocycles. The molecule has 0 aliphatic rings. The lowest BCUT2D eigenvalue weighted by atomic mass is 10.0. The number of benzene rings is 16. The fraction of sp³-hybridized carbons (Fsp3) is 0. The Morgan fingerprint density at radius 2 is 0.594 bits per heavy atom. The molecule has 0 aliphatic heterocycles. The number of fused-ring (bicyclic) bond motifs is 35. The minimum atomic E-state index is 0.548. The van der Waals surface area contributed by atoms with E-state index < -0.39 is 0 Å². The zero-order valence-electron chi connectivity index (χ0n) is 70.6. The number of rotatable bonds is 6. The van der Waals surface area contributed by atoms with E-state index >= 15 is 0 Å². The Morgan fingerprint density at radius 3 is 1.07 bits per heavy atom. The molecule has 0 atom stereocenters. The molecule has 15 heterocycles. The molecule has 0 radical (unpaired) electrons. The predicted molar refractivity (Wildman–Crippen MR) is 544 cm³/mol. The third-order valence-electron chi connectivity index (χ3n) is 27.6. The summed E-state index contributed by atoms with van der Waals surface area (Å²) in [5, 5.41) is 25.4.